The molecule has 1 aliphatic heterocycles. The van der Waals surface area contributed by atoms with Gasteiger partial charge < -0.3 is 14.5 Å². The van der Waals surface area contributed by atoms with Gasteiger partial charge in [0.15, 0.2) is 0 Å². The molecule has 3 heterocycles. The van der Waals surface area contributed by atoms with E-state index in [1.54, 1.807) is 13.2 Å². The molecule has 1 saturated heterocycles. The number of aromatic nitrogens is 3. The highest BCUT2D eigenvalue weighted by Gasteiger charge is 2.24. The molecule has 7 heteroatoms. The van der Waals surface area contributed by atoms with E-state index in [9.17, 15) is 4.79 Å². The molecule has 2 aromatic heterocycles. The summed E-state index contributed by atoms with van der Waals surface area (Å²) in [7, 11) is 1.60. The average Bonchev–Trinajstić information content (AvgIpc) is 2.72. The molecular formula is C20H21N5O2. The number of pyridine rings is 1. The van der Waals surface area contributed by atoms with Crippen LogP contribution < -0.4 is 9.64 Å². The summed E-state index contributed by atoms with van der Waals surface area (Å²) in [6.45, 7) is 4.51. The van der Waals surface area contributed by atoms with Gasteiger partial charge in [-0.3, -0.25) is 4.79 Å². The second-order valence-electron chi connectivity index (χ2n) is 6.48. The molecule has 138 valence electrons. The maximum atomic E-state index is 12.8. The van der Waals surface area contributed by atoms with Gasteiger partial charge in [0.1, 0.15) is 17.3 Å². The lowest BCUT2D eigenvalue weighted by atomic mass is 10.2. The molecule has 0 saturated carbocycles. The van der Waals surface area contributed by atoms with Crippen LogP contribution in [0.3, 0.4) is 0 Å². The van der Waals surface area contributed by atoms with Crippen LogP contribution >= 0.6 is 0 Å². The van der Waals surface area contributed by atoms with E-state index < -0.39 is 0 Å². The Labute approximate surface area is 157 Å². The Hall–Kier alpha value is -3.22. The number of fused-ring (bicyclic) bond motifs is 1. The maximum absolute atomic E-state index is 12.8. The van der Waals surface area contributed by atoms with E-state index in [0.717, 1.165) is 16.7 Å². The largest absolute Gasteiger partial charge is 0.481 e. The second kappa shape index (κ2) is 7.19. The van der Waals surface area contributed by atoms with E-state index in [0.29, 0.717) is 43.6 Å². The number of hydrogen-bond acceptors (Lipinski definition) is 6. The fourth-order valence-corrected chi connectivity index (χ4v) is 3.28. The van der Waals surface area contributed by atoms with Gasteiger partial charge in [-0.05, 0) is 19.1 Å². The van der Waals surface area contributed by atoms with Gasteiger partial charge in [-0.2, -0.15) is 4.98 Å². The Bertz CT molecular complexity index is 983. The lowest BCUT2D eigenvalue weighted by Crippen LogP contribution is -2.49. The van der Waals surface area contributed by atoms with Crippen LogP contribution in [-0.2, 0) is 0 Å². The number of benzene rings is 1. The Morgan fingerprint density at radius 3 is 2.56 bits per heavy atom. The van der Waals surface area contributed by atoms with Crippen molar-refractivity contribution in [3.05, 3.63) is 54.0 Å². The Balaban J connectivity index is 1.46. The third-order valence-corrected chi connectivity index (χ3v) is 4.72. The first-order valence-electron chi connectivity index (χ1n) is 8.94. The number of para-hydroxylation sites is 1. The number of carbonyl (C=O) groups excluding carboxylic acids is 1. The highest BCUT2D eigenvalue weighted by molar-refractivity contribution is 5.95. The minimum Gasteiger partial charge on any atom is -0.481 e. The van der Waals surface area contributed by atoms with Gasteiger partial charge in [0.2, 0.25) is 5.88 Å². The van der Waals surface area contributed by atoms with Gasteiger partial charge in [0.25, 0.3) is 5.91 Å². The molecule has 1 aromatic carbocycles. The van der Waals surface area contributed by atoms with Crippen LogP contribution in [0, 0.1) is 6.92 Å². The average molecular weight is 363 g/mol. The van der Waals surface area contributed by atoms with Gasteiger partial charge in [0, 0.05) is 37.6 Å². The highest BCUT2D eigenvalue weighted by Crippen LogP contribution is 2.20. The maximum Gasteiger partial charge on any atom is 0.272 e. The van der Waals surface area contributed by atoms with Crippen molar-refractivity contribution >= 4 is 22.6 Å². The number of anilines is 1. The van der Waals surface area contributed by atoms with Gasteiger partial charge in [-0.15, -0.1) is 0 Å². The van der Waals surface area contributed by atoms with E-state index in [4.69, 9.17) is 4.74 Å². The standard InChI is InChI=1S/C20H21N5O2/c1-14-21-18(13-19(22-14)27-2)24-9-11-25(12-10-24)20(26)17-8-7-15-5-3-4-6-16(15)23-17/h3-8,13H,9-12H2,1-2H3. The van der Waals surface area contributed by atoms with E-state index >= 15 is 0 Å². The number of nitrogens with zero attached hydrogens (tertiary/aromatic N) is 5. The molecule has 0 N–H and O–H groups in total. The zero-order chi connectivity index (χ0) is 18.8. The zero-order valence-electron chi connectivity index (χ0n) is 15.4. The zero-order valence-corrected chi connectivity index (χ0v) is 15.4. The molecule has 0 spiro atoms. The number of ether oxygens (including phenoxy) is 1. The number of rotatable bonds is 3. The van der Waals surface area contributed by atoms with Crippen molar-refractivity contribution in [2.75, 3.05) is 38.2 Å². The van der Waals surface area contributed by atoms with Crippen molar-refractivity contribution in [2.45, 2.75) is 6.92 Å². The molecule has 0 unspecified atom stereocenters. The van der Waals surface area contributed by atoms with Gasteiger partial charge in [-0.25, -0.2) is 9.97 Å². The Kier molecular flexibility index (Phi) is 4.58. The van der Waals surface area contributed by atoms with E-state index in [-0.39, 0.29) is 5.91 Å². The van der Waals surface area contributed by atoms with Gasteiger partial charge >= 0.3 is 0 Å². The third kappa shape index (κ3) is 3.53. The Morgan fingerprint density at radius 1 is 1.00 bits per heavy atom. The van der Waals surface area contributed by atoms with Crippen LogP contribution in [0.15, 0.2) is 42.5 Å². The predicted molar refractivity (Wildman–Crippen MR) is 103 cm³/mol. The molecule has 27 heavy (non-hydrogen) atoms. The molecule has 0 bridgehead atoms. The number of methoxy groups -OCH3 is 1. The highest BCUT2D eigenvalue weighted by atomic mass is 16.5. The third-order valence-electron chi connectivity index (χ3n) is 4.72. The molecule has 1 aliphatic rings. The fourth-order valence-electron chi connectivity index (χ4n) is 3.28. The van der Waals surface area contributed by atoms with Crippen LogP contribution in [0.5, 0.6) is 5.88 Å². The lowest BCUT2D eigenvalue weighted by molar-refractivity contribution is 0.0741. The first kappa shape index (κ1) is 17.2. The van der Waals surface area contributed by atoms with E-state index in [1.807, 2.05) is 48.2 Å². The summed E-state index contributed by atoms with van der Waals surface area (Å²) in [5.41, 5.74) is 1.33. The quantitative estimate of drug-likeness (QED) is 0.711. The smallest absolute Gasteiger partial charge is 0.272 e. The summed E-state index contributed by atoms with van der Waals surface area (Å²) < 4.78 is 5.23. The van der Waals surface area contributed by atoms with Gasteiger partial charge in [-0.1, -0.05) is 24.3 Å². The van der Waals surface area contributed by atoms with Crippen LogP contribution in [0.2, 0.25) is 0 Å². The van der Waals surface area contributed by atoms with Crippen molar-refractivity contribution in [1.82, 2.24) is 19.9 Å². The minimum absolute atomic E-state index is 0.0307. The summed E-state index contributed by atoms with van der Waals surface area (Å²) >= 11 is 0. The lowest BCUT2D eigenvalue weighted by Gasteiger charge is -2.35. The second-order valence-corrected chi connectivity index (χ2v) is 6.48. The molecule has 3 aromatic rings. The number of piperazine rings is 1. The molecule has 1 fully saturated rings. The number of carbonyl (C=O) groups is 1. The summed E-state index contributed by atoms with van der Waals surface area (Å²) in [6.07, 6.45) is 0. The first-order valence-corrected chi connectivity index (χ1v) is 8.94. The van der Waals surface area contributed by atoms with Crippen molar-refractivity contribution in [3.63, 3.8) is 0 Å². The first-order chi connectivity index (χ1) is 13.1. The summed E-state index contributed by atoms with van der Waals surface area (Å²) in [5, 5.41) is 1.03. The van der Waals surface area contributed by atoms with Crippen LogP contribution in [-0.4, -0.2) is 59.0 Å². The van der Waals surface area contributed by atoms with Crippen molar-refractivity contribution < 1.29 is 9.53 Å². The monoisotopic (exact) mass is 363 g/mol. The Morgan fingerprint density at radius 2 is 1.78 bits per heavy atom. The van der Waals surface area contributed by atoms with Crippen LogP contribution in [0.1, 0.15) is 16.3 Å². The SMILES string of the molecule is COc1cc(N2CCN(C(=O)c3ccc4ccccc4n3)CC2)nc(C)n1. The van der Waals surface area contributed by atoms with E-state index in [2.05, 4.69) is 19.9 Å². The van der Waals surface area contributed by atoms with Crippen LogP contribution in [0.4, 0.5) is 5.82 Å². The summed E-state index contributed by atoms with van der Waals surface area (Å²) in [6, 6.07) is 13.4. The normalized spacial score (nSPS) is 14.4. The molecule has 4 rings (SSSR count). The number of hydrogen-bond donors (Lipinski definition) is 0. The van der Waals surface area contributed by atoms with Crippen molar-refractivity contribution in [3.8, 4) is 5.88 Å². The molecule has 7 nitrogen and oxygen atoms in total. The molecule has 0 atom stereocenters. The van der Waals surface area contributed by atoms with Crippen molar-refractivity contribution in [1.29, 1.82) is 0 Å². The van der Waals surface area contributed by atoms with Crippen LogP contribution in [0.25, 0.3) is 10.9 Å². The fraction of sp³-hybridized carbons (Fsp3) is 0.300. The van der Waals surface area contributed by atoms with Crippen molar-refractivity contribution in [2.24, 2.45) is 0 Å². The minimum atomic E-state index is -0.0307. The molecular weight excluding hydrogens is 342 g/mol. The molecule has 0 aliphatic carbocycles. The number of aryl methyl sites for hydroxylation is 1. The topological polar surface area (TPSA) is 71.5 Å². The number of amides is 1. The van der Waals surface area contributed by atoms with E-state index in [1.165, 1.54) is 0 Å². The van der Waals surface area contributed by atoms with Gasteiger partial charge in [0.05, 0.1) is 12.6 Å². The molecule has 0 radical (unpaired) electrons. The summed E-state index contributed by atoms with van der Waals surface area (Å²) in [5.74, 6) is 2.02. The summed E-state index contributed by atoms with van der Waals surface area (Å²) in [4.78, 5) is 30.1. The molecule has 1 amide bonds. The predicted octanol–water partition coefficient (Wildman–Crippen LogP) is 2.30.